The monoisotopic (exact) mass is 890 g/mol. The molecule has 0 aliphatic carbocycles. The molecule has 0 aromatic heterocycles. The highest BCUT2D eigenvalue weighted by Gasteiger charge is 2.17. The minimum absolute atomic E-state index is 0.0131. The van der Waals surface area contributed by atoms with Crippen LogP contribution in [-0.2, 0) is 37.9 Å². The molecular formula is C56H58O10. The van der Waals surface area contributed by atoms with E-state index in [2.05, 4.69) is 127 Å². The van der Waals surface area contributed by atoms with Gasteiger partial charge in [0.25, 0.3) is 0 Å². The Kier molecular flexibility index (Phi) is 15.9. The molecule has 0 radical (unpaired) electrons. The van der Waals surface area contributed by atoms with Gasteiger partial charge in [-0.3, -0.25) is 0 Å². The number of benzene rings is 9. The van der Waals surface area contributed by atoms with Crippen molar-refractivity contribution in [2.24, 2.45) is 0 Å². The quantitative estimate of drug-likeness (QED) is 0.0310. The van der Waals surface area contributed by atoms with Gasteiger partial charge in [-0.15, -0.1) is 0 Å². The Morgan fingerprint density at radius 2 is 0.621 bits per heavy atom. The standard InChI is InChI=1S/C56H58O10/c57-10-12-59-14-15-61-16-17-62-18-19-63-20-21-64-22-23-65-38-56(66-25-24-60-13-11-58)52-7-3-6-41-28-46-32-48-30-43-9-8-42-29-47-31-44-26-39-4-1-2-5-40(39)27-45(44)33-49(47)36-54(42)55(43)37-51(48)34-50(46)35-53(41)52/h1-9,26-37,56-58H,10-25,38H2. The SMILES string of the molecule is OCCOCCOCCOCCOCCOCCOCC(OCCOCCO)c1cccc2cc3cc4cc5ccc6cc7cc8cc9ccccc9cc8cc7cc6c5cc4cc3cc12. The van der Waals surface area contributed by atoms with E-state index < -0.39 is 0 Å². The fourth-order valence-corrected chi connectivity index (χ4v) is 8.83. The van der Waals surface area contributed by atoms with Crippen molar-refractivity contribution in [2.45, 2.75) is 6.10 Å². The van der Waals surface area contributed by atoms with Crippen LogP contribution in [0.15, 0.2) is 127 Å². The van der Waals surface area contributed by atoms with E-state index in [1.54, 1.807) is 0 Å². The Labute approximate surface area is 384 Å². The maximum atomic E-state index is 9.22. The molecule has 0 spiro atoms. The zero-order valence-corrected chi connectivity index (χ0v) is 37.4. The van der Waals surface area contributed by atoms with Crippen molar-refractivity contribution in [1.82, 2.24) is 0 Å². The molecule has 0 heterocycles. The van der Waals surface area contributed by atoms with Gasteiger partial charge < -0.3 is 48.1 Å². The molecule has 0 bridgehead atoms. The van der Waals surface area contributed by atoms with Gasteiger partial charge in [-0.1, -0.05) is 54.6 Å². The fourth-order valence-electron chi connectivity index (χ4n) is 8.83. The number of aliphatic hydroxyl groups is 2. The van der Waals surface area contributed by atoms with Crippen LogP contribution in [0, 0.1) is 0 Å². The van der Waals surface area contributed by atoms with Crippen LogP contribution >= 0.6 is 0 Å². The lowest BCUT2D eigenvalue weighted by atomic mass is 9.92. The second-order valence-electron chi connectivity index (χ2n) is 16.5. The van der Waals surface area contributed by atoms with Gasteiger partial charge in [0.15, 0.2) is 0 Å². The Morgan fingerprint density at radius 3 is 1.08 bits per heavy atom. The first-order valence-corrected chi connectivity index (χ1v) is 23.1. The van der Waals surface area contributed by atoms with E-state index in [4.69, 9.17) is 43.0 Å². The highest BCUT2D eigenvalue weighted by atomic mass is 16.6. The van der Waals surface area contributed by atoms with Crippen LogP contribution in [0.5, 0.6) is 0 Å². The molecule has 9 aromatic carbocycles. The van der Waals surface area contributed by atoms with Crippen LogP contribution in [0.4, 0.5) is 0 Å². The van der Waals surface area contributed by atoms with Gasteiger partial charge in [0.1, 0.15) is 6.10 Å². The van der Waals surface area contributed by atoms with Crippen molar-refractivity contribution in [3.05, 3.63) is 133 Å². The van der Waals surface area contributed by atoms with E-state index in [-0.39, 0.29) is 25.9 Å². The van der Waals surface area contributed by atoms with Crippen LogP contribution in [0.2, 0.25) is 0 Å². The maximum absolute atomic E-state index is 9.22. The van der Waals surface area contributed by atoms with Crippen molar-refractivity contribution >= 4 is 86.2 Å². The van der Waals surface area contributed by atoms with Crippen molar-refractivity contribution in [2.75, 3.05) is 112 Å². The first kappa shape index (κ1) is 45.8. The molecule has 342 valence electrons. The second-order valence-corrected chi connectivity index (χ2v) is 16.5. The molecule has 10 heteroatoms. The molecule has 1 unspecified atom stereocenters. The topological polar surface area (TPSA) is 114 Å². The minimum atomic E-state index is -0.348. The lowest BCUT2D eigenvalue weighted by Crippen LogP contribution is -2.18. The molecule has 2 N–H and O–H groups in total. The first-order chi connectivity index (χ1) is 32.6. The van der Waals surface area contributed by atoms with Crippen molar-refractivity contribution in [3.63, 3.8) is 0 Å². The summed E-state index contributed by atoms with van der Waals surface area (Å²) in [4.78, 5) is 0. The number of fused-ring (bicyclic) bond motifs is 9. The Morgan fingerprint density at radius 1 is 0.288 bits per heavy atom. The molecule has 0 aliphatic heterocycles. The van der Waals surface area contributed by atoms with Gasteiger partial charge in [0.05, 0.1) is 112 Å². The molecule has 9 rings (SSSR count). The van der Waals surface area contributed by atoms with Gasteiger partial charge in [-0.25, -0.2) is 0 Å². The second kappa shape index (κ2) is 22.9. The van der Waals surface area contributed by atoms with Gasteiger partial charge in [0.2, 0.25) is 0 Å². The van der Waals surface area contributed by atoms with E-state index in [0.717, 1.165) is 21.7 Å². The minimum Gasteiger partial charge on any atom is -0.394 e. The number of hydrogen-bond acceptors (Lipinski definition) is 10. The molecule has 1 atom stereocenters. The Bertz CT molecular complexity index is 3040. The van der Waals surface area contributed by atoms with E-state index in [1.165, 1.54) is 70.0 Å². The van der Waals surface area contributed by atoms with Crippen molar-refractivity contribution < 1.29 is 48.1 Å². The molecule has 0 fully saturated rings. The van der Waals surface area contributed by atoms with E-state index in [1.807, 2.05) is 0 Å². The summed E-state index contributed by atoms with van der Waals surface area (Å²) in [6.45, 7) is 6.21. The summed E-state index contributed by atoms with van der Waals surface area (Å²) < 4.78 is 45.6. The molecule has 0 aliphatic rings. The number of ether oxygens (including phenoxy) is 8. The smallest absolute Gasteiger partial charge is 0.106 e. The van der Waals surface area contributed by atoms with Crippen LogP contribution in [0.3, 0.4) is 0 Å². The molecule has 0 saturated carbocycles. The Balaban J connectivity index is 0.877. The molecule has 0 amide bonds. The first-order valence-electron chi connectivity index (χ1n) is 23.1. The predicted molar refractivity (Wildman–Crippen MR) is 265 cm³/mol. The van der Waals surface area contributed by atoms with E-state index in [0.29, 0.717) is 92.5 Å². The van der Waals surface area contributed by atoms with E-state index >= 15 is 0 Å². The summed E-state index contributed by atoms with van der Waals surface area (Å²) >= 11 is 0. The normalized spacial score (nSPS) is 12.6. The van der Waals surface area contributed by atoms with Crippen LogP contribution in [0.25, 0.3) is 86.2 Å². The van der Waals surface area contributed by atoms with Crippen molar-refractivity contribution in [1.29, 1.82) is 0 Å². The third-order valence-corrected chi connectivity index (χ3v) is 12.1. The summed E-state index contributed by atoms with van der Waals surface area (Å²) in [6.07, 6.45) is -0.348. The lowest BCUT2D eigenvalue weighted by molar-refractivity contribution is -0.0540. The number of rotatable bonds is 26. The third-order valence-electron chi connectivity index (χ3n) is 12.1. The summed E-state index contributed by atoms with van der Waals surface area (Å²) in [5.74, 6) is 0. The third kappa shape index (κ3) is 11.3. The average molecular weight is 891 g/mol. The van der Waals surface area contributed by atoms with Crippen LogP contribution < -0.4 is 0 Å². The lowest BCUT2D eigenvalue weighted by Gasteiger charge is -2.21. The van der Waals surface area contributed by atoms with Gasteiger partial charge in [-0.2, -0.15) is 0 Å². The van der Waals surface area contributed by atoms with Crippen molar-refractivity contribution in [3.8, 4) is 0 Å². The summed E-state index contributed by atoms with van der Waals surface area (Å²) in [5, 5.41) is 37.4. The van der Waals surface area contributed by atoms with Gasteiger partial charge >= 0.3 is 0 Å². The zero-order chi connectivity index (χ0) is 44.9. The maximum Gasteiger partial charge on any atom is 0.106 e. The largest absolute Gasteiger partial charge is 0.394 e. The average Bonchev–Trinajstić information content (AvgIpc) is 3.33. The summed E-state index contributed by atoms with van der Waals surface area (Å²) in [6, 6.07) is 47.3. The van der Waals surface area contributed by atoms with Crippen LogP contribution in [-0.4, -0.2) is 123 Å². The predicted octanol–water partition coefficient (Wildman–Crippen LogP) is 10.1. The fraction of sp³-hybridized carbons (Fsp3) is 0.321. The highest BCUT2D eigenvalue weighted by molar-refractivity contribution is 6.18. The number of hydrogen-bond donors (Lipinski definition) is 2. The molecule has 66 heavy (non-hydrogen) atoms. The molecule has 0 saturated heterocycles. The number of aliphatic hydroxyl groups excluding tert-OH is 2. The van der Waals surface area contributed by atoms with Gasteiger partial charge in [0, 0.05) is 0 Å². The molecule has 9 aromatic rings. The van der Waals surface area contributed by atoms with Gasteiger partial charge in [-0.05, 0) is 165 Å². The zero-order valence-electron chi connectivity index (χ0n) is 37.4. The van der Waals surface area contributed by atoms with Crippen LogP contribution in [0.1, 0.15) is 11.7 Å². The highest BCUT2D eigenvalue weighted by Crippen LogP contribution is 2.37. The summed E-state index contributed by atoms with van der Waals surface area (Å²) in [7, 11) is 0. The van der Waals surface area contributed by atoms with E-state index in [9.17, 15) is 5.11 Å². The molecular weight excluding hydrogens is 833 g/mol. The summed E-state index contributed by atoms with van der Waals surface area (Å²) in [5.41, 5.74) is 1.05. The Hall–Kier alpha value is -5.34. The molecule has 10 nitrogen and oxygen atoms in total.